The van der Waals surface area contributed by atoms with Gasteiger partial charge < -0.3 is 19.7 Å². The van der Waals surface area contributed by atoms with Gasteiger partial charge in [0, 0.05) is 32.3 Å². The highest BCUT2D eigenvalue weighted by atomic mass is 16.5. The minimum Gasteiger partial charge on any atom is -0.493 e. The Kier molecular flexibility index (Phi) is 5.62. The Hall–Kier alpha value is -1.10. The maximum Gasteiger partial charge on any atom is 0.122 e. The second-order valence-electron chi connectivity index (χ2n) is 9.71. The van der Waals surface area contributed by atoms with Crippen LogP contribution in [0.2, 0.25) is 0 Å². The number of hydrogen-bond acceptors (Lipinski definition) is 4. The molecule has 1 spiro atoms. The first-order chi connectivity index (χ1) is 13.8. The third-order valence-corrected chi connectivity index (χ3v) is 7.90. The first-order valence-corrected chi connectivity index (χ1v) is 11.6. The number of nitrogens with zero attached hydrogens (tertiary/aromatic N) is 1. The van der Waals surface area contributed by atoms with Gasteiger partial charge in [-0.15, -0.1) is 0 Å². The molecule has 1 aromatic carbocycles. The summed E-state index contributed by atoms with van der Waals surface area (Å²) >= 11 is 0. The van der Waals surface area contributed by atoms with Gasteiger partial charge in [-0.2, -0.15) is 0 Å². The summed E-state index contributed by atoms with van der Waals surface area (Å²) in [6, 6.07) is 9.65. The van der Waals surface area contributed by atoms with Crippen LogP contribution in [0.5, 0.6) is 5.75 Å². The molecule has 5 rings (SSSR count). The van der Waals surface area contributed by atoms with Crippen molar-refractivity contribution in [3.8, 4) is 5.75 Å². The molecule has 0 radical (unpaired) electrons. The van der Waals surface area contributed by atoms with Gasteiger partial charge in [0.05, 0.1) is 6.61 Å². The standard InChI is InChI=1S/C24H36N2O2/c1-2-4-23(28-16-19-8-13-27-14-9-19)22(3-1)20-6-11-26(12-7-20)21-5-10-24(15-21)17-25-18-24/h1-4,19-21,25H,5-18H2. The number of benzene rings is 1. The lowest BCUT2D eigenvalue weighted by Gasteiger charge is -2.41. The molecule has 4 aliphatic rings. The molecule has 0 aromatic heterocycles. The van der Waals surface area contributed by atoms with E-state index in [1.165, 1.54) is 63.8 Å². The first-order valence-electron chi connectivity index (χ1n) is 11.6. The Labute approximate surface area is 170 Å². The van der Waals surface area contributed by atoms with Crippen molar-refractivity contribution in [1.82, 2.24) is 10.2 Å². The quantitative estimate of drug-likeness (QED) is 0.837. The number of ether oxygens (including phenoxy) is 2. The lowest BCUT2D eigenvalue weighted by Crippen LogP contribution is -2.52. The molecular formula is C24H36N2O2. The number of likely N-dealkylation sites (tertiary alicyclic amines) is 1. The van der Waals surface area contributed by atoms with Crippen molar-refractivity contribution in [2.75, 3.05) is 46.0 Å². The van der Waals surface area contributed by atoms with Crippen LogP contribution in [0.15, 0.2) is 24.3 Å². The van der Waals surface area contributed by atoms with Crippen LogP contribution >= 0.6 is 0 Å². The van der Waals surface area contributed by atoms with Crippen molar-refractivity contribution >= 4 is 0 Å². The van der Waals surface area contributed by atoms with E-state index in [9.17, 15) is 0 Å². The van der Waals surface area contributed by atoms with E-state index in [0.717, 1.165) is 44.5 Å². The van der Waals surface area contributed by atoms with Crippen LogP contribution < -0.4 is 10.1 Å². The average molecular weight is 385 g/mol. The second kappa shape index (κ2) is 8.33. The fourth-order valence-electron chi connectivity index (χ4n) is 5.93. The summed E-state index contributed by atoms with van der Waals surface area (Å²) in [5, 5.41) is 3.50. The molecule has 1 saturated carbocycles. The zero-order chi connectivity index (χ0) is 18.8. The molecule has 3 aliphatic heterocycles. The summed E-state index contributed by atoms with van der Waals surface area (Å²) in [6.45, 7) is 7.67. The van der Waals surface area contributed by atoms with Crippen molar-refractivity contribution in [2.45, 2.75) is 56.9 Å². The van der Waals surface area contributed by atoms with E-state index < -0.39 is 0 Å². The molecule has 1 N–H and O–H groups in total. The maximum absolute atomic E-state index is 6.33. The van der Waals surface area contributed by atoms with Gasteiger partial charge in [-0.25, -0.2) is 0 Å². The summed E-state index contributed by atoms with van der Waals surface area (Å²) in [6.07, 6.45) is 9.11. The zero-order valence-electron chi connectivity index (χ0n) is 17.2. The van der Waals surface area contributed by atoms with Crippen LogP contribution in [0, 0.1) is 11.3 Å². The lowest BCUT2D eigenvalue weighted by atomic mass is 9.80. The van der Waals surface area contributed by atoms with E-state index in [1.54, 1.807) is 0 Å². The number of nitrogens with one attached hydrogen (secondary N) is 1. The Bertz CT molecular complexity index is 646. The van der Waals surface area contributed by atoms with Crippen molar-refractivity contribution in [1.29, 1.82) is 0 Å². The highest BCUT2D eigenvalue weighted by molar-refractivity contribution is 5.36. The van der Waals surface area contributed by atoms with E-state index in [-0.39, 0.29) is 0 Å². The largest absolute Gasteiger partial charge is 0.493 e. The van der Waals surface area contributed by atoms with Gasteiger partial charge in [0.15, 0.2) is 0 Å². The molecule has 3 heterocycles. The predicted molar refractivity (Wildman–Crippen MR) is 112 cm³/mol. The Balaban J connectivity index is 1.16. The van der Waals surface area contributed by atoms with Gasteiger partial charge >= 0.3 is 0 Å². The molecule has 154 valence electrons. The summed E-state index contributed by atoms with van der Waals surface area (Å²) in [5.74, 6) is 2.44. The fraction of sp³-hybridized carbons (Fsp3) is 0.750. The highest BCUT2D eigenvalue weighted by Gasteiger charge is 2.45. The summed E-state index contributed by atoms with van der Waals surface area (Å²) in [7, 11) is 0. The highest BCUT2D eigenvalue weighted by Crippen LogP contribution is 2.44. The molecule has 1 atom stereocenters. The van der Waals surface area contributed by atoms with Crippen LogP contribution in [-0.4, -0.2) is 56.9 Å². The molecule has 28 heavy (non-hydrogen) atoms. The van der Waals surface area contributed by atoms with E-state index in [2.05, 4.69) is 34.5 Å². The first kappa shape index (κ1) is 18.9. The third-order valence-electron chi connectivity index (χ3n) is 7.90. The normalized spacial score (nSPS) is 29.1. The van der Waals surface area contributed by atoms with Crippen molar-refractivity contribution in [3.05, 3.63) is 29.8 Å². The summed E-state index contributed by atoms with van der Waals surface area (Å²) < 4.78 is 11.8. The molecule has 1 unspecified atom stereocenters. The lowest BCUT2D eigenvalue weighted by molar-refractivity contribution is 0.0494. The number of hydrogen-bond donors (Lipinski definition) is 1. The van der Waals surface area contributed by atoms with E-state index in [4.69, 9.17) is 9.47 Å². The number of piperidine rings is 1. The number of para-hydroxylation sites is 1. The molecular weight excluding hydrogens is 348 g/mol. The zero-order valence-corrected chi connectivity index (χ0v) is 17.2. The van der Waals surface area contributed by atoms with Gasteiger partial charge in [0.25, 0.3) is 0 Å². The third kappa shape index (κ3) is 3.96. The SMILES string of the molecule is c1ccc(C2CCN(C3CCC4(CNC4)C3)CC2)c(OCC2CCOCC2)c1. The van der Waals surface area contributed by atoms with Gasteiger partial charge in [-0.3, -0.25) is 0 Å². The maximum atomic E-state index is 6.33. The van der Waals surface area contributed by atoms with Gasteiger partial charge in [0.2, 0.25) is 0 Å². The van der Waals surface area contributed by atoms with Crippen LogP contribution in [0.25, 0.3) is 0 Å². The molecule has 0 bridgehead atoms. The van der Waals surface area contributed by atoms with Crippen molar-refractivity contribution in [3.63, 3.8) is 0 Å². The minimum absolute atomic E-state index is 0.652. The Morgan fingerprint density at radius 1 is 1.04 bits per heavy atom. The second-order valence-corrected chi connectivity index (χ2v) is 9.71. The summed E-state index contributed by atoms with van der Waals surface area (Å²) in [4.78, 5) is 2.80. The van der Waals surface area contributed by atoms with Gasteiger partial charge in [0.1, 0.15) is 5.75 Å². The molecule has 0 amide bonds. The Morgan fingerprint density at radius 2 is 1.82 bits per heavy atom. The molecule has 1 aliphatic carbocycles. The van der Waals surface area contributed by atoms with Crippen molar-refractivity contribution < 1.29 is 9.47 Å². The Morgan fingerprint density at radius 3 is 2.54 bits per heavy atom. The fourth-order valence-corrected chi connectivity index (χ4v) is 5.93. The smallest absolute Gasteiger partial charge is 0.122 e. The van der Waals surface area contributed by atoms with E-state index in [1.807, 2.05) is 0 Å². The van der Waals surface area contributed by atoms with Crippen LogP contribution in [0.4, 0.5) is 0 Å². The van der Waals surface area contributed by atoms with Crippen LogP contribution in [-0.2, 0) is 4.74 Å². The monoisotopic (exact) mass is 384 g/mol. The number of rotatable bonds is 5. The molecule has 3 saturated heterocycles. The van der Waals surface area contributed by atoms with Crippen molar-refractivity contribution in [2.24, 2.45) is 11.3 Å². The van der Waals surface area contributed by atoms with Crippen LogP contribution in [0.3, 0.4) is 0 Å². The molecule has 4 heteroatoms. The molecule has 4 nitrogen and oxygen atoms in total. The van der Waals surface area contributed by atoms with Gasteiger partial charge in [-0.05, 0) is 86.9 Å². The predicted octanol–water partition coefficient (Wildman–Crippen LogP) is 3.81. The van der Waals surface area contributed by atoms with E-state index in [0.29, 0.717) is 17.3 Å². The topological polar surface area (TPSA) is 33.7 Å². The van der Waals surface area contributed by atoms with Gasteiger partial charge in [-0.1, -0.05) is 18.2 Å². The summed E-state index contributed by atoms with van der Waals surface area (Å²) in [5.41, 5.74) is 2.10. The van der Waals surface area contributed by atoms with Crippen LogP contribution in [0.1, 0.15) is 56.4 Å². The average Bonchev–Trinajstić information content (AvgIpc) is 3.20. The van der Waals surface area contributed by atoms with E-state index >= 15 is 0 Å². The molecule has 4 fully saturated rings. The molecule has 1 aromatic rings. The minimum atomic E-state index is 0.652.